The molecule has 0 saturated heterocycles. The number of nitrogens with one attached hydrogen (secondary N) is 2. The molecule has 0 aliphatic carbocycles. The fraction of sp³-hybridized carbons (Fsp3) is 0.231. The van der Waals surface area contributed by atoms with Crippen LogP contribution in [-0.4, -0.2) is 17.9 Å². The van der Waals surface area contributed by atoms with E-state index in [0.29, 0.717) is 20.7 Å². The van der Waals surface area contributed by atoms with E-state index in [9.17, 15) is 4.79 Å². The van der Waals surface area contributed by atoms with Gasteiger partial charge in [0.25, 0.3) is 5.91 Å². The van der Waals surface area contributed by atoms with Crippen LogP contribution in [0.4, 0.5) is 5.82 Å². The summed E-state index contributed by atoms with van der Waals surface area (Å²) in [5.74, 6) is 0.345. The molecule has 0 radical (unpaired) electrons. The standard InChI is InChI=1S/C13H13Cl2N3OS/c1-7(10-3-4-11(15)20-10)18-13(19)8-5-12(16-2)17-6-9(8)14/h3-7H,1-2H3,(H,16,17)(H,18,19). The van der Waals surface area contributed by atoms with Crippen LogP contribution >= 0.6 is 34.5 Å². The number of halogens is 2. The molecule has 4 nitrogen and oxygen atoms in total. The van der Waals surface area contributed by atoms with Gasteiger partial charge in [-0.1, -0.05) is 23.2 Å². The Hall–Kier alpha value is -1.30. The van der Waals surface area contributed by atoms with E-state index >= 15 is 0 Å². The molecule has 0 bridgehead atoms. The summed E-state index contributed by atoms with van der Waals surface area (Å²) >= 11 is 13.3. The number of nitrogens with zero attached hydrogens (tertiary/aromatic N) is 1. The number of aromatic nitrogens is 1. The minimum Gasteiger partial charge on any atom is -0.373 e. The van der Waals surface area contributed by atoms with E-state index in [2.05, 4.69) is 15.6 Å². The van der Waals surface area contributed by atoms with Crippen LogP contribution in [0.5, 0.6) is 0 Å². The highest BCUT2D eigenvalue weighted by Gasteiger charge is 2.16. The lowest BCUT2D eigenvalue weighted by Gasteiger charge is -2.13. The number of thiophene rings is 1. The van der Waals surface area contributed by atoms with Crippen LogP contribution in [0.2, 0.25) is 9.36 Å². The van der Waals surface area contributed by atoms with Gasteiger partial charge in [-0.15, -0.1) is 11.3 Å². The predicted octanol–water partition coefficient (Wildman–Crippen LogP) is 3.98. The van der Waals surface area contributed by atoms with Gasteiger partial charge in [0.05, 0.1) is 21.0 Å². The zero-order valence-corrected chi connectivity index (χ0v) is 13.2. The van der Waals surface area contributed by atoms with Gasteiger partial charge in [0, 0.05) is 18.1 Å². The maximum Gasteiger partial charge on any atom is 0.253 e. The first-order valence-corrected chi connectivity index (χ1v) is 7.48. The highest BCUT2D eigenvalue weighted by molar-refractivity contribution is 7.16. The fourth-order valence-corrected chi connectivity index (χ4v) is 2.91. The summed E-state index contributed by atoms with van der Waals surface area (Å²) in [5.41, 5.74) is 0.389. The first-order valence-electron chi connectivity index (χ1n) is 5.90. The Morgan fingerprint density at radius 3 is 2.75 bits per heavy atom. The van der Waals surface area contributed by atoms with Crippen molar-refractivity contribution in [1.82, 2.24) is 10.3 Å². The monoisotopic (exact) mass is 329 g/mol. The second kappa shape index (κ2) is 6.43. The van der Waals surface area contributed by atoms with Crippen LogP contribution < -0.4 is 10.6 Å². The third-order valence-electron chi connectivity index (χ3n) is 2.72. The van der Waals surface area contributed by atoms with Crippen LogP contribution in [0.1, 0.15) is 28.2 Å². The van der Waals surface area contributed by atoms with E-state index in [1.165, 1.54) is 17.5 Å². The summed E-state index contributed by atoms with van der Waals surface area (Å²) in [7, 11) is 1.73. The SMILES string of the molecule is CNc1cc(C(=O)NC(C)c2ccc(Cl)s2)c(Cl)cn1. The number of carbonyl (C=O) groups excluding carboxylic acids is 1. The fourth-order valence-electron chi connectivity index (χ4n) is 1.66. The Morgan fingerprint density at radius 1 is 1.40 bits per heavy atom. The van der Waals surface area contributed by atoms with Crippen molar-refractivity contribution in [3.8, 4) is 0 Å². The Kier molecular flexibility index (Phi) is 4.86. The van der Waals surface area contributed by atoms with E-state index in [4.69, 9.17) is 23.2 Å². The highest BCUT2D eigenvalue weighted by Crippen LogP contribution is 2.27. The van der Waals surface area contributed by atoms with E-state index in [1.807, 2.05) is 19.1 Å². The van der Waals surface area contributed by atoms with Crippen LogP contribution in [-0.2, 0) is 0 Å². The number of pyridine rings is 1. The molecule has 2 rings (SSSR count). The average Bonchev–Trinajstić information content (AvgIpc) is 2.86. The average molecular weight is 330 g/mol. The molecule has 2 N–H and O–H groups in total. The Balaban J connectivity index is 2.15. The van der Waals surface area contributed by atoms with Crippen LogP contribution in [0.25, 0.3) is 0 Å². The van der Waals surface area contributed by atoms with Crippen molar-refractivity contribution >= 4 is 46.3 Å². The minimum absolute atomic E-state index is 0.137. The highest BCUT2D eigenvalue weighted by atomic mass is 35.5. The van der Waals surface area contributed by atoms with E-state index < -0.39 is 0 Å². The van der Waals surface area contributed by atoms with Gasteiger partial charge in [-0.25, -0.2) is 4.98 Å². The normalized spacial score (nSPS) is 12.0. The van der Waals surface area contributed by atoms with Gasteiger partial charge in [0.2, 0.25) is 0 Å². The van der Waals surface area contributed by atoms with Crippen molar-refractivity contribution in [3.05, 3.63) is 44.2 Å². The van der Waals surface area contributed by atoms with Crippen molar-refractivity contribution in [2.75, 3.05) is 12.4 Å². The van der Waals surface area contributed by atoms with Crippen LogP contribution in [0.3, 0.4) is 0 Å². The number of hydrogen-bond donors (Lipinski definition) is 2. The second-order valence-electron chi connectivity index (χ2n) is 4.14. The molecule has 1 amide bonds. The summed E-state index contributed by atoms with van der Waals surface area (Å²) in [6, 6.07) is 5.18. The number of carbonyl (C=O) groups is 1. The quantitative estimate of drug-likeness (QED) is 0.891. The maximum atomic E-state index is 12.2. The molecular formula is C13H13Cl2N3OS. The van der Waals surface area contributed by atoms with Crippen molar-refractivity contribution in [2.24, 2.45) is 0 Å². The smallest absolute Gasteiger partial charge is 0.253 e. The molecule has 0 fully saturated rings. The Morgan fingerprint density at radius 2 is 2.15 bits per heavy atom. The van der Waals surface area contributed by atoms with Crippen molar-refractivity contribution < 1.29 is 4.79 Å². The van der Waals surface area contributed by atoms with Crippen molar-refractivity contribution in [1.29, 1.82) is 0 Å². The third kappa shape index (κ3) is 3.42. The number of amides is 1. The lowest BCUT2D eigenvalue weighted by Crippen LogP contribution is -2.26. The summed E-state index contributed by atoms with van der Waals surface area (Å²) in [4.78, 5) is 17.3. The van der Waals surface area contributed by atoms with E-state index in [0.717, 1.165) is 4.88 Å². The number of rotatable bonds is 4. The van der Waals surface area contributed by atoms with E-state index in [1.54, 1.807) is 13.1 Å². The Bertz CT molecular complexity index is 630. The zero-order valence-electron chi connectivity index (χ0n) is 10.9. The topological polar surface area (TPSA) is 54.0 Å². The number of anilines is 1. The molecular weight excluding hydrogens is 317 g/mol. The molecule has 106 valence electrons. The molecule has 2 heterocycles. The van der Waals surface area contributed by atoms with Gasteiger partial charge in [-0.3, -0.25) is 4.79 Å². The molecule has 1 unspecified atom stereocenters. The maximum absolute atomic E-state index is 12.2. The molecule has 2 aromatic rings. The molecule has 0 spiro atoms. The predicted molar refractivity (Wildman–Crippen MR) is 84.0 cm³/mol. The van der Waals surface area contributed by atoms with Gasteiger partial charge in [-0.2, -0.15) is 0 Å². The molecule has 0 saturated carbocycles. The first kappa shape index (κ1) is 15.1. The molecule has 2 aromatic heterocycles. The van der Waals surface area contributed by atoms with Gasteiger partial charge in [0.1, 0.15) is 5.82 Å². The van der Waals surface area contributed by atoms with Crippen molar-refractivity contribution in [2.45, 2.75) is 13.0 Å². The lowest BCUT2D eigenvalue weighted by atomic mass is 10.2. The molecule has 0 aromatic carbocycles. The molecule has 1 atom stereocenters. The second-order valence-corrected chi connectivity index (χ2v) is 6.29. The zero-order chi connectivity index (χ0) is 14.7. The minimum atomic E-state index is -0.245. The Labute approximate surface area is 131 Å². The van der Waals surface area contributed by atoms with Crippen LogP contribution in [0, 0.1) is 0 Å². The van der Waals surface area contributed by atoms with E-state index in [-0.39, 0.29) is 11.9 Å². The lowest BCUT2D eigenvalue weighted by molar-refractivity contribution is 0.0940. The summed E-state index contributed by atoms with van der Waals surface area (Å²) in [6.07, 6.45) is 1.45. The summed E-state index contributed by atoms with van der Waals surface area (Å²) in [5, 5.41) is 6.08. The largest absolute Gasteiger partial charge is 0.373 e. The molecule has 7 heteroatoms. The summed E-state index contributed by atoms with van der Waals surface area (Å²) < 4.78 is 0.695. The third-order valence-corrected chi connectivity index (χ3v) is 4.44. The molecule has 0 aliphatic rings. The van der Waals surface area contributed by atoms with Gasteiger partial charge >= 0.3 is 0 Å². The molecule has 20 heavy (non-hydrogen) atoms. The van der Waals surface area contributed by atoms with Crippen molar-refractivity contribution in [3.63, 3.8) is 0 Å². The van der Waals surface area contributed by atoms with Gasteiger partial charge in [0.15, 0.2) is 0 Å². The number of hydrogen-bond acceptors (Lipinski definition) is 4. The molecule has 0 aliphatic heterocycles. The first-order chi connectivity index (χ1) is 9.51. The van der Waals surface area contributed by atoms with Gasteiger partial charge < -0.3 is 10.6 Å². The van der Waals surface area contributed by atoms with Gasteiger partial charge in [-0.05, 0) is 25.1 Å². The summed E-state index contributed by atoms with van der Waals surface area (Å²) in [6.45, 7) is 1.90. The van der Waals surface area contributed by atoms with Crippen LogP contribution in [0.15, 0.2) is 24.4 Å².